The van der Waals surface area contributed by atoms with Crippen molar-refractivity contribution in [1.29, 1.82) is 0 Å². The van der Waals surface area contributed by atoms with E-state index < -0.39 is 9.84 Å². The van der Waals surface area contributed by atoms with Crippen LogP contribution in [0.15, 0.2) is 74.9 Å². The minimum Gasteiger partial charge on any atom is -0.278 e. The quantitative estimate of drug-likeness (QED) is 0.526. The molecule has 1 aromatic heterocycles. The second-order valence-corrected chi connectivity index (χ2v) is 8.58. The predicted octanol–water partition coefficient (Wildman–Crippen LogP) is 4.64. The first-order valence-electron chi connectivity index (χ1n) is 7.72. The Balaban J connectivity index is 1.74. The van der Waals surface area contributed by atoms with Gasteiger partial charge in [-0.05, 0) is 67.3 Å². The van der Waals surface area contributed by atoms with Gasteiger partial charge in [0, 0.05) is 4.88 Å². The van der Waals surface area contributed by atoms with E-state index in [0.717, 1.165) is 16.1 Å². The molecular formula is C19H18N2O2S2. The highest BCUT2D eigenvalue weighted by Gasteiger charge is 2.16. The first-order valence-corrected chi connectivity index (χ1v) is 10.1. The fourth-order valence-corrected chi connectivity index (χ4v) is 4.29. The van der Waals surface area contributed by atoms with Gasteiger partial charge in [-0.1, -0.05) is 17.7 Å². The van der Waals surface area contributed by atoms with Crippen molar-refractivity contribution in [2.75, 3.05) is 5.43 Å². The van der Waals surface area contributed by atoms with Gasteiger partial charge in [0.05, 0.1) is 21.7 Å². The number of hydrogen-bond acceptors (Lipinski definition) is 5. The van der Waals surface area contributed by atoms with Crippen LogP contribution in [0.2, 0.25) is 0 Å². The molecule has 4 nitrogen and oxygen atoms in total. The van der Waals surface area contributed by atoms with Gasteiger partial charge in [-0.3, -0.25) is 5.43 Å². The van der Waals surface area contributed by atoms with Crippen LogP contribution in [-0.4, -0.2) is 14.6 Å². The van der Waals surface area contributed by atoms with Crippen LogP contribution in [0.25, 0.3) is 0 Å². The third-order valence-corrected chi connectivity index (χ3v) is 6.51. The number of nitrogens with zero attached hydrogens (tertiary/aromatic N) is 1. The summed E-state index contributed by atoms with van der Waals surface area (Å²) in [5.41, 5.74) is 5.85. The maximum absolute atomic E-state index is 12.6. The van der Waals surface area contributed by atoms with E-state index in [0.29, 0.717) is 4.90 Å². The molecule has 25 heavy (non-hydrogen) atoms. The first kappa shape index (κ1) is 17.4. The average Bonchev–Trinajstić information content (AvgIpc) is 3.01. The van der Waals surface area contributed by atoms with Crippen LogP contribution < -0.4 is 5.43 Å². The lowest BCUT2D eigenvalue weighted by Crippen LogP contribution is -2.02. The van der Waals surface area contributed by atoms with Crippen molar-refractivity contribution in [3.05, 3.63) is 76.0 Å². The van der Waals surface area contributed by atoms with E-state index in [1.807, 2.05) is 25.3 Å². The molecule has 1 N–H and O–H groups in total. The molecule has 0 saturated carbocycles. The van der Waals surface area contributed by atoms with Crippen molar-refractivity contribution in [2.45, 2.75) is 23.6 Å². The fourth-order valence-electron chi connectivity index (χ4n) is 2.24. The number of anilines is 1. The van der Waals surface area contributed by atoms with Crippen LogP contribution in [0.3, 0.4) is 0 Å². The molecule has 0 aliphatic carbocycles. The summed E-state index contributed by atoms with van der Waals surface area (Å²) in [5, 5.41) is 6.21. The lowest BCUT2D eigenvalue weighted by molar-refractivity contribution is 0.596. The third kappa shape index (κ3) is 3.97. The van der Waals surface area contributed by atoms with Gasteiger partial charge in [0.15, 0.2) is 0 Å². The van der Waals surface area contributed by atoms with Gasteiger partial charge in [0.2, 0.25) is 9.84 Å². The predicted molar refractivity (Wildman–Crippen MR) is 103 cm³/mol. The second kappa shape index (κ2) is 7.21. The summed E-state index contributed by atoms with van der Waals surface area (Å²) < 4.78 is 25.2. The van der Waals surface area contributed by atoms with Crippen LogP contribution >= 0.6 is 11.3 Å². The van der Waals surface area contributed by atoms with Crippen molar-refractivity contribution in [3.63, 3.8) is 0 Å². The molecular weight excluding hydrogens is 352 g/mol. The fraction of sp³-hybridized carbons (Fsp3) is 0.105. The number of nitrogens with one attached hydrogen (secondary N) is 1. The Labute approximate surface area is 151 Å². The van der Waals surface area contributed by atoms with E-state index in [1.54, 1.807) is 66.1 Å². The van der Waals surface area contributed by atoms with Gasteiger partial charge in [0.1, 0.15) is 0 Å². The van der Waals surface area contributed by atoms with Crippen molar-refractivity contribution >= 4 is 33.1 Å². The molecule has 0 saturated heterocycles. The van der Waals surface area contributed by atoms with Crippen molar-refractivity contribution in [3.8, 4) is 0 Å². The monoisotopic (exact) mass is 370 g/mol. The number of rotatable bonds is 5. The van der Waals surface area contributed by atoms with Gasteiger partial charge in [-0.2, -0.15) is 5.10 Å². The molecule has 0 unspecified atom stereocenters. The van der Waals surface area contributed by atoms with E-state index in [9.17, 15) is 8.42 Å². The minimum atomic E-state index is -3.50. The van der Waals surface area contributed by atoms with Gasteiger partial charge in [-0.15, -0.1) is 11.3 Å². The lowest BCUT2D eigenvalue weighted by atomic mass is 10.2. The summed E-state index contributed by atoms with van der Waals surface area (Å²) in [5.74, 6) is 0. The highest BCUT2D eigenvalue weighted by molar-refractivity contribution is 7.91. The summed E-state index contributed by atoms with van der Waals surface area (Å²) in [4.78, 5) is 1.65. The Kier molecular flexibility index (Phi) is 5.01. The maximum atomic E-state index is 12.6. The molecule has 3 aromatic rings. The first-order chi connectivity index (χ1) is 12.0. The molecule has 0 aliphatic heterocycles. The molecule has 0 atom stereocenters. The van der Waals surface area contributed by atoms with Gasteiger partial charge in [0.25, 0.3) is 0 Å². The molecule has 0 fully saturated rings. The minimum absolute atomic E-state index is 0.264. The van der Waals surface area contributed by atoms with Gasteiger partial charge < -0.3 is 0 Å². The van der Waals surface area contributed by atoms with Crippen molar-refractivity contribution in [1.82, 2.24) is 0 Å². The molecule has 128 valence electrons. The molecule has 0 aliphatic rings. The smallest absolute Gasteiger partial charge is 0.206 e. The largest absolute Gasteiger partial charge is 0.278 e. The zero-order chi connectivity index (χ0) is 17.9. The van der Waals surface area contributed by atoms with E-state index in [-0.39, 0.29) is 4.90 Å². The van der Waals surface area contributed by atoms with E-state index in [4.69, 9.17) is 0 Å². The van der Waals surface area contributed by atoms with Crippen LogP contribution in [0, 0.1) is 13.8 Å². The number of thiophene rings is 1. The van der Waals surface area contributed by atoms with Crippen LogP contribution in [0.1, 0.15) is 16.0 Å². The number of sulfone groups is 1. The second-order valence-electron chi connectivity index (χ2n) is 5.68. The molecule has 3 rings (SSSR count). The molecule has 0 spiro atoms. The Morgan fingerprint density at radius 3 is 2.08 bits per heavy atom. The van der Waals surface area contributed by atoms with Gasteiger partial charge in [-0.25, -0.2) is 8.42 Å². The third-order valence-electron chi connectivity index (χ3n) is 3.77. The van der Waals surface area contributed by atoms with Crippen LogP contribution in [0.5, 0.6) is 0 Å². The van der Waals surface area contributed by atoms with Crippen molar-refractivity contribution in [2.24, 2.45) is 5.10 Å². The van der Waals surface area contributed by atoms with Gasteiger partial charge >= 0.3 is 0 Å². The summed E-state index contributed by atoms with van der Waals surface area (Å²) in [7, 11) is -3.50. The normalized spacial score (nSPS) is 11.8. The molecule has 0 radical (unpaired) electrons. The topological polar surface area (TPSA) is 58.5 Å². The molecule has 1 heterocycles. The summed E-state index contributed by atoms with van der Waals surface area (Å²) >= 11 is 1.62. The van der Waals surface area contributed by atoms with E-state index >= 15 is 0 Å². The zero-order valence-electron chi connectivity index (χ0n) is 13.9. The lowest BCUT2D eigenvalue weighted by Gasteiger charge is -2.06. The summed E-state index contributed by atoms with van der Waals surface area (Å²) in [6, 6.07) is 15.5. The highest BCUT2D eigenvalue weighted by Crippen LogP contribution is 2.22. The zero-order valence-corrected chi connectivity index (χ0v) is 15.6. The molecule has 6 heteroatoms. The standard InChI is InChI=1S/C19H18N2O2S2/c1-14-3-7-17(8-4-14)25(22,23)18-9-5-16(6-10-18)21-20-13-19-15(2)11-12-24-19/h3-13,21H,1-2H3/b20-13-. The number of hydrogen-bond donors (Lipinski definition) is 1. The SMILES string of the molecule is Cc1ccc(S(=O)(=O)c2ccc(N/N=C\c3sccc3C)cc2)cc1. The number of aryl methyl sites for hydroxylation is 2. The summed E-state index contributed by atoms with van der Waals surface area (Å²) in [6.07, 6.45) is 1.76. The molecule has 2 aromatic carbocycles. The number of hydrazone groups is 1. The average molecular weight is 370 g/mol. The van der Waals surface area contributed by atoms with E-state index in [2.05, 4.69) is 10.5 Å². The Bertz CT molecular complexity index is 987. The Morgan fingerprint density at radius 1 is 0.920 bits per heavy atom. The Morgan fingerprint density at radius 2 is 1.52 bits per heavy atom. The number of benzene rings is 2. The molecule has 0 bridgehead atoms. The summed E-state index contributed by atoms with van der Waals surface area (Å²) in [6.45, 7) is 3.96. The van der Waals surface area contributed by atoms with Crippen LogP contribution in [0.4, 0.5) is 5.69 Å². The van der Waals surface area contributed by atoms with E-state index in [1.165, 1.54) is 5.56 Å². The molecule has 0 amide bonds. The Hall–Kier alpha value is -2.44. The maximum Gasteiger partial charge on any atom is 0.206 e. The van der Waals surface area contributed by atoms with Crippen LogP contribution in [-0.2, 0) is 9.84 Å². The van der Waals surface area contributed by atoms with Crippen molar-refractivity contribution < 1.29 is 8.42 Å². The highest BCUT2D eigenvalue weighted by atomic mass is 32.2.